The second-order valence-electron chi connectivity index (χ2n) is 5.43. The number of benzene rings is 2. The monoisotopic (exact) mass is 357 g/mol. The number of hydrogen-bond donors (Lipinski definition) is 2. The fourth-order valence-corrected chi connectivity index (χ4v) is 2.25. The molecule has 0 unspecified atom stereocenters. The number of hydrogen-bond acceptors (Lipinski definition) is 5. The molecule has 0 heterocycles. The maximum atomic E-state index is 10.7. The Balaban J connectivity index is 1.92. The molecule has 0 aliphatic heterocycles. The Morgan fingerprint density at radius 1 is 1.12 bits per heavy atom. The molecule has 3 N–H and O–H groups in total. The highest BCUT2D eigenvalue weighted by Crippen LogP contribution is 2.30. The van der Waals surface area contributed by atoms with Gasteiger partial charge >= 0.3 is 6.03 Å². The van der Waals surface area contributed by atoms with E-state index in [4.69, 9.17) is 19.9 Å². The largest absolute Gasteiger partial charge is 0.493 e. The van der Waals surface area contributed by atoms with Crippen LogP contribution < -0.4 is 25.4 Å². The zero-order valence-corrected chi connectivity index (χ0v) is 14.9. The summed E-state index contributed by atoms with van der Waals surface area (Å²) in [7, 11) is 1.56. The first-order valence-electron chi connectivity index (χ1n) is 8.18. The van der Waals surface area contributed by atoms with E-state index in [1.807, 2.05) is 31.2 Å². The molecule has 0 fully saturated rings. The van der Waals surface area contributed by atoms with Crippen LogP contribution in [0.1, 0.15) is 17.5 Å². The lowest BCUT2D eigenvalue weighted by Gasteiger charge is -2.13. The molecule has 0 saturated carbocycles. The third-order valence-electron chi connectivity index (χ3n) is 3.49. The fourth-order valence-electron chi connectivity index (χ4n) is 2.25. The zero-order valence-electron chi connectivity index (χ0n) is 14.9. The van der Waals surface area contributed by atoms with Crippen molar-refractivity contribution >= 4 is 12.2 Å². The number of aryl methyl sites for hydroxylation is 1. The van der Waals surface area contributed by atoms with Crippen molar-refractivity contribution in [2.75, 3.05) is 20.3 Å². The Hall–Kier alpha value is -3.22. The van der Waals surface area contributed by atoms with Crippen molar-refractivity contribution in [3.8, 4) is 17.2 Å². The summed E-state index contributed by atoms with van der Waals surface area (Å²) in [6, 6.07) is 12.5. The van der Waals surface area contributed by atoms with E-state index in [-0.39, 0.29) is 0 Å². The van der Waals surface area contributed by atoms with Gasteiger partial charge in [0.15, 0.2) is 11.5 Å². The number of nitrogens with zero attached hydrogens (tertiary/aromatic N) is 1. The van der Waals surface area contributed by atoms with Crippen LogP contribution in [0.2, 0.25) is 0 Å². The number of ether oxygens (including phenoxy) is 3. The van der Waals surface area contributed by atoms with Crippen LogP contribution in [0.5, 0.6) is 17.2 Å². The number of rotatable bonds is 9. The smallest absolute Gasteiger partial charge is 0.332 e. The summed E-state index contributed by atoms with van der Waals surface area (Å²) < 4.78 is 16.9. The minimum atomic E-state index is -0.736. The fraction of sp³-hybridized carbons (Fsp3) is 0.263. The highest BCUT2D eigenvalue weighted by atomic mass is 16.5. The standard InChI is InChI=1S/C19H23N3O4/c1-14-7-3-4-9-16(14)25-11-6-12-26-18-15(13-21-22-19(20)23)8-5-10-17(18)24-2/h3-5,7-10,13H,6,11-12H2,1-2H3,(H3,20,22,23)/b21-13-. The summed E-state index contributed by atoms with van der Waals surface area (Å²) >= 11 is 0. The van der Waals surface area contributed by atoms with Gasteiger partial charge in [-0.15, -0.1) is 0 Å². The molecule has 26 heavy (non-hydrogen) atoms. The van der Waals surface area contributed by atoms with E-state index in [2.05, 4.69) is 10.5 Å². The molecule has 138 valence electrons. The summed E-state index contributed by atoms with van der Waals surface area (Å²) in [6.45, 7) is 2.98. The number of primary amides is 1. The molecule has 0 saturated heterocycles. The van der Waals surface area contributed by atoms with Crippen LogP contribution >= 0.6 is 0 Å². The maximum absolute atomic E-state index is 10.7. The van der Waals surface area contributed by atoms with Gasteiger partial charge in [0.25, 0.3) is 0 Å². The van der Waals surface area contributed by atoms with Crippen LogP contribution in [0.15, 0.2) is 47.6 Å². The number of nitrogens with one attached hydrogen (secondary N) is 1. The topological polar surface area (TPSA) is 95.2 Å². The van der Waals surface area contributed by atoms with Gasteiger partial charge in [0, 0.05) is 12.0 Å². The van der Waals surface area contributed by atoms with Crippen molar-refractivity contribution in [2.45, 2.75) is 13.3 Å². The van der Waals surface area contributed by atoms with Crippen molar-refractivity contribution in [3.05, 3.63) is 53.6 Å². The van der Waals surface area contributed by atoms with Gasteiger partial charge in [0.1, 0.15) is 5.75 Å². The first-order valence-corrected chi connectivity index (χ1v) is 8.18. The molecule has 7 nitrogen and oxygen atoms in total. The molecule has 0 aliphatic carbocycles. The van der Waals surface area contributed by atoms with Crippen LogP contribution in [0.4, 0.5) is 4.79 Å². The lowest BCUT2D eigenvalue weighted by molar-refractivity contribution is 0.239. The second kappa shape index (κ2) is 9.93. The van der Waals surface area contributed by atoms with Crippen molar-refractivity contribution in [1.29, 1.82) is 0 Å². The highest BCUT2D eigenvalue weighted by Gasteiger charge is 2.09. The average Bonchev–Trinajstić information content (AvgIpc) is 2.63. The Morgan fingerprint density at radius 3 is 2.58 bits per heavy atom. The summed E-state index contributed by atoms with van der Waals surface area (Å²) in [5, 5.41) is 3.76. The average molecular weight is 357 g/mol. The van der Waals surface area contributed by atoms with Crippen molar-refractivity contribution < 1.29 is 19.0 Å². The Bertz CT molecular complexity index is 762. The third-order valence-corrected chi connectivity index (χ3v) is 3.49. The van der Waals surface area contributed by atoms with Gasteiger partial charge in [0.2, 0.25) is 0 Å². The van der Waals surface area contributed by atoms with Gasteiger partial charge in [-0.3, -0.25) is 0 Å². The number of urea groups is 1. The predicted molar refractivity (Wildman–Crippen MR) is 100 cm³/mol. The van der Waals surface area contributed by atoms with Crippen LogP contribution in [-0.2, 0) is 0 Å². The molecule has 0 spiro atoms. The summed E-state index contributed by atoms with van der Waals surface area (Å²) in [4.78, 5) is 10.7. The molecule has 7 heteroatoms. The summed E-state index contributed by atoms with van der Waals surface area (Å²) in [5.74, 6) is 1.99. The molecule has 2 aromatic rings. The van der Waals surface area contributed by atoms with Crippen LogP contribution in [0.3, 0.4) is 0 Å². The summed E-state index contributed by atoms with van der Waals surface area (Å²) in [6.07, 6.45) is 2.15. The Morgan fingerprint density at radius 2 is 1.85 bits per heavy atom. The van der Waals surface area contributed by atoms with Crippen molar-refractivity contribution in [3.63, 3.8) is 0 Å². The molecule has 0 radical (unpaired) electrons. The minimum Gasteiger partial charge on any atom is -0.493 e. The molecule has 2 amide bonds. The highest BCUT2D eigenvalue weighted by molar-refractivity contribution is 5.86. The number of para-hydroxylation sites is 2. The second-order valence-corrected chi connectivity index (χ2v) is 5.43. The molecular formula is C19H23N3O4. The van der Waals surface area contributed by atoms with E-state index in [0.29, 0.717) is 36.7 Å². The van der Waals surface area contributed by atoms with Gasteiger partial charge < -0.3 is 19.9 Å². The van der Waals surface area contributed by atoms with Crippen LogP contribution in [-0.4, -0.2) is 32.6 Å². The van der Waals surface area contributed by atoms with Gasteiger partial charge in [-0.2, -0.15) is 5.10 Å². The Kier molecular flexibility index (Phi) is 7.30. The minimum absolute atomic E-state index is 0.441. The van der Waals surface area contributed by atoms with Crippen molar-refractivity contribution in [2.24, 2.45) is 10.8 Å². The third kappa shape index (κ3) is 5.70. The van der Waals surface area contributed by atoms with Gasteiger partial charge in [-0.1, -0.05) is 24.3 Å². The molecular weight excluding hydrogens is 334 g/mol. The van der Waals surface area contributed by atoms with E-state index in [9.17, 15) is 4.79 Å². The molecule has 0 aromatic heterocycles. The van der Waals surface area contributed by atoms with E-state index in [0.717, 1.165) is 11.3 Å². The number of hydrazone groups is 1. The van der Waals surface area contributed by atoms with Crippen LogP contribution in [0, 0.1) is 6.92 Å². The van der Waals surface area contributed by atoms with Gasteiger partial charge in [0.05, 0.1) is 26.5 Å². The first-order chi connectivity index (χ1) is 12.6. The van der Waals surface area contributed by atoms with E-state index in [1.165, 1.54) is 6.21 Å². The lowest BCUT2D eigenvalue weighted by atomic mass is 10.2. The van der Waals surface area contributed by atoms with Gasteiger partial charge in [-0.05, 0) is 30.7 Å². The van der Waals surface area contributed by atoms with Gasteiger partial charge in [-0.25, -0.2) is 10.2 Å². The van der Waals surface area contributed by atoms with E-state index < -0.39 is 6.03 Å². The maximum Gasteiger partial charge on any atom is 0.332 e. The first kappa shape index (κ1) is 19.1. The van der Waals surface area contributed by atoms with E-state index >= 15 is 0 Å². The van der Waals surface area contributed by atoms with E-state index in [1.54, 1.807) is 25.3 Å². The molecule has 2 aromatic carbocycles. The number of nitrogens with two attached hydrogens (primary N) is 1. The molecule has 0 bridgehead atoms. The summed E-state index contributed by atoms with van der Waals surface area (Å²) in [5.41, 5.74) is 8.90. The number of amides is 2. The number of carbonyl (C=O) groups is 1. The molecule has 0 aliphatic rings. The number of methoxy groups -OCH3 is 1. The molecule has 2 rings (SSSR count). The predicted octanol–water partition coefficient (Wildman–Crippen LogP) is 2.85. The van der Waals surface area contributed by atoms with Crippen molar-refractivity contribution in [1.82, 2.24) is 5.43 Å². The Labute approximate surface area is 152 Å². The van der Waals surface area contributed by atoms with Crippen LogP contribution in [0.25, 0.3) is 0 Å². The quantitative estimate of drug-likeness (QED) is 0.410. The molecule has 0 atom stereocenters. The normalized spacial score (nSPS) is 10.5. The SMILES string of the molecule is COc1cccc(/C=N\NC(N)=O)c1OCCCOc1ccccc1C. The zero-order chi connectivity index (χ0) is 18.8. The number of carbonyl (C=O) groups excluding carboxylic acids is 1. The lowest BCUT2D eigenvalue weighted by Crippen LogP contribution is -2.24.